The normalized spacial score (nSPS) is 15.0. The van der Waals surface area contributed by atoms with Crippen LogP contribution in [0, 0.1) is 18.3 Å². The number of aliphatic hydroxyl groups excluding tert-OH is 1. The fraction of sp³-hybridized carbons (Fsp3) is 0.200. The van der Waals surface area contributed by atoms with E-state index < -0.39 is 0 Å². The van der Waals surface area contributed by atoms with E-state index in [9.17, 15) is 10.4 Å². The summed E-state index contributed by atoms with van der Waals surface area (Å²) in [6, 6.07) is 21.4. The summed E-state index contributed by atoms with van der Waals surface area (Å²) < 4.78 is 1.72. The Hall–Kier alpha value is -5.14. The second kappa shape index (κ2) is 10.9. The van der Waals surface area contributed by atoms with Gasteiger partial charge in [-0.3, -0.25) is 4.98 Å². The van der Waals surface area contributed by atoms with Crippen molar-refractivity contribution in [2.24, 2.45) is 0 Å². The lowest BCUT2D eigenvalue weighted by Gasteiger charge is -2.32. The van der Waals surface area contributed by atoms with Gasteiger partial charge in [-0.15, -0.1) is 5.10 Å². The molecule has 1 unspecified atom stereocenters. The van der Waals surface area contributed by atoms with E-state index in [4.69, 9.17) is 4.98 Å². The van der Waals surface area contributed by atoms with Crippen LogP contribution in [0.4, 0.5) is 17.3 Å². The van der Waals surface area contributed by atoms with E-state index in [-0.39, 0.29) is 6.10 Å². The molecule has 1 aliphatic rings. The van der Waals surface area contributed by atoms with Crippen molar-refractivity contribution < 1.29 is 5.11 Å². The first kappa shape index (κ1) is 25.2. The molecule has 10 heteroatoms. The zero-order chi connectivity index (χ0) is 27.5. The number of aromatic nitrogens is 6. The van der Waals surface area contributed by atoms with Gasteiger partial charge in [0.1, 0.15) is 6.33 Å². The number of rotatable bonds is 6. The first-order valence-electron chi connectivity index (χ1n) is 13.1. The topological polar surface area (TPSA) is 129 Å². The van der Waals surface area contributed by atoms with Crippen molar-refractivity contribution in [2.75, 3.05) is 23.3 Å². The first-order valence-corrected chi connectivity index (χ1v) is 13.1. The van der Waals surface area contributed by atoms with Crippen LogP contribution in [-0.2, 0) is 0 Å². The van der Waals surface area contributed by atoms with Crippen LogP contribution >= 0.6 is 0 Å². The van der Waals surface area contributed by atoms with E-state index in [0.717, 1.165) is 53.3 Å². The minimum atomic E-state index is -0.360. The highest BCUT2D eigenvalue weighted by molar-refractivity contribution is 5.70. The van der Waals surface area contributed by atoms with Crippen LogP contribution in [0.1, 0.15) is 24.1 Å². The number of nitriles is 1. The Bertz CT molecular complexity index is 1670. The van der Waals surface area contributed by atoms with E-state index in [0.29, 0.717) is 29.6 Å². The van der Waals surface area contributed by atoms with Crippen LogP contribution < -0.4 is 10.2 Å². The highest BCUT2D eigenvalue weighted by Crippen LogP contribution is 2.28. The summed E-state index contributed by atoms with van der Waals surface area (Å²) in [5.74, 6) is 1.05. The average molecular weight is 530 g/mol. The number of aliphatic hydroxyl groups is 1. The number of nitrogens with zero attached hydrogens (tertiary/aromatic N) is 8. The van der Waals surface area contributed by atoms with Gasteiger partial charge >= 0.3 is 0 Å². The third kappa shape index (κ3) is 5.50. The fourth-order valence-corrected chi connectivity index (χ4v) is 4.72. The van der Waals surface area contributed by atoms with E-state index in [1.54, 1.807) is 23.4 Å². The first-order chi connectivity index (χ1) is 19.5. The lowest BCUT2D eigenvalue weighted by atomic mass is 10.0. The Kier molecular flexibility index (Phi) is 6.87. The van der Waals surface area contributed by atoms with Crippen LogP contribution in [0.2, 0.25) is 0 Å². The molecule has 40 heavy (non-hydrogen) atoms. The molecular weight excluding hydrogens is 502 g/mol. The molecule has 5 aromatic rings. The molecule has 2 aromatic carbocycles. The molecule has 198 valence electrons. The molecule has 0 amide bonds. The zero-order valence-corrected chi connectivity index (χ0v) is 21.9. The molecule has 6 rings (SSSR count). The van der Waals surface area contributed by atoms with Gasteiger partial charge in [-0.1, -0.05) is 0 Å². The van der Waals surface area contributed by atoms with Crippen molar-refractivity contribution in [3.8, 4) is 34.4 Å². The molecule has 1 aliphatic heterocycles. The van der Waals surface area contributed by atoms with Crippen molar-refractivity contribution in [3.63, 3.8) is 0 Å². The van der Waals surface area contributed by atoms with Gasteiger partial charge in [-0.25, -0.2) is 19.6 Å². The molecule has 10 nitrogen and oxygen atoms in total. The number of benzene rings is 2. The minimum absolute atomic E-state index is 0.360. The van der Waals surface area contributed by atoms with Crippen molar-refractivity contribution in [2.45, 2.75) is 25.9 Å². The molecule has 0 spiro atoms. The molecule has 1 fully saturated rings. The summed E-state index contributed by atoms with van der Waals surface area (Å²) in [4.78, 5) is 19.9. The predicted octanol–water partition coefficient (Wildman–Crippen LogP) is 4.67. The third-order valence-electron chi connectivity index (χ3n) is 6.81. The molecule has 3 aromatic heterocycles. The monoisotopic (exact) mass is 529 g/mol. The van der Waals surface area contributed by atoms with Gasteiger partial charge in [0.05, 0.1) is 29.1 Å². The van der Waals surface area contributed by atoms with Gasteiger partial charge in [0.2, 0.25) is 5.95 Å². The Labute approximate surface area is 231 Å². The molecule has 1 atom stereocenters. The second-order valence-corrected chi connectivity index (χ2v) is 9.76. The summed E-state index contributed by atoms with van der Waals surface area (Å²) >= 11 is 0. The number of aryl methyl sites for hydroxylation is 1. The van der Waals surface area contributed by atoms with Gasteiger partial charge < -0.3 is 15.3 Å². The number of pyridine rings is 1. The molecule has 0 saturated carbocycles. The Morgan fingerprint density at radius 1 is 0.975 bits per heavy atom. The second-order valence-electron chi connectivity index (χ2n) is 9.76. The molecule has 2 N–H and O–H groups in total. The Balaban J connectivity index is 1.19. The molecule has 4 heterocycles. The fourth-order valence-electron chi connectivity index (χ4n) is 4.72. The molecule has 0 radical (unpaired) electrons. The van der Waals surface area contributed by atoms with Gasteiger partial charge in [0.25, 0.3) is 0 Å². The number of hydrogen-bond donors (Lipinski definition) is 2. The number of piperidine rings is 1. The minimum Gasteiger partial charge on any atom is -0.391 e. The molecular formula is C30H27N9O. The standard InChI is InChI=1S/C30H27N9O/c1-20-4-5-22(17-33-20)29-34-19-39(37-29)25-8-6-24(7-9-25)35-30-32-11-10-28(36-30)23-13-21(16-31)14-26(15-23)38-12-2-3-27(40)18-38/h4-11,13-15,17,19,27,40H,2-3,12,18H2,1H3,(H,32,35,36). The van der Waals surface area contributed by atoms with E-state index in [1.807, 2.05) is 67.6 Å². The summed E-state index contributed by atoms with van der Waals surface area (Å²) in [6.45, 7) is 3.34. The molecule has 1 saturated heterocycles. The van der Waals surface area contributed by atoms with Crippen LogP contribution in [0.3, 0.4) is 0 Å². The number of β-amino-alcohol motifs (C(OH)–C–C–N with tert-alkyl or cyclic N) is 1. The van der Waals surface area contributed by atoms with Gasteiger partial charge in [0.15, 0.2) is 5.82 Å². The SMILES string of the molecule is Cc1ccc(-c2ncn(-c3ccc(Nc4nccc(-c5cc(C#N)cc(N6CCCC(O)C6)c5)n4)cc3)n2)cn1. The lowest BCUT2D eigenvalue weighted by Crippen LogP contribution is -2.38. The summed E-state index contributed by atoms with van der Waals surface area (Å²) in [6.07, 6.45) is 6.49. The summed E-state index contributed by atoms with van der Waals surface area (Å²) in [5.41, 5.74) is 6.46. The van der Waals surface area contributed by atoms with Gasteiger partial charge in [-0.05, 0) is 80.4 Å². The van der Waals surface area contributed by atoms with Crippen molar-refractivity contribution in [1.29, 1.82) is 5.26 Å². The van der Waals surface area contributed by atoms with Crippen LogP contribution in [0.15, 0.2) is 79.4 Å². The van der Waals surface area contributed by atoms with Crippen LogP contribution in [-0.4, -0.2) is 54.0 Å². The van der Waals surface area contributed by atoms with Gasteiger partial charge in [-0.2, -0.15) is 5.26 Å². The maximum atomic E-state index is 10.1. The highest BCUT2D eigenvalue weighted by atomic mass is 16.3. The largest absolute Gasteiger partial charge is 0.391 e. The van der Waals surface area contributed by atoms with Crippen molar-refractivity contribution in [1.82, 2.24) is 29.7 Å². The average Bonchev–Trinajstić information content (AvgIpc) is 3.48. The predicted molar refractivity (Wildman–Crippen MR) is 152 cm³/mol. The quantitative estimate of drug-likeness (QED) is 0.322. The maximum Gasteiger partial charge on any atom is 0.227 e. The highest BCUT2D eigenvalue weighted by Gasteiger charge is 2.19. The van der Waals surface area contributed by atoms with Crippen molar-refractivity contribution >= 4 is 17.3 Å². The summed E-state index contributed by atoms with van der Waals surface area (Å²) in [7, 11) is 0. The number of anilines is 3. The third-order valence-corrected chi connectivity index (χ3v) is 6.81. The van der Waals surface area contributed by atoms with Gasteiger partial charge in [0, 0.05) is 53.7 Å². The smallest absolute Gasteiger partial charge is 0.227 e. The van der Waals surface area contributed by atoms with Crippen LogP contribution in [0.5, 0.6) is 0 Å². The maximum absolute atomic E-state index is 10.1. The van der Waals surface area contributed by atoms with Crippen LogP contribution in [0.25, 0.3) is 28.3 Å². The van der Waals surface area contributed by atoms with Crippen molar-refractivity contribution in [3.05, 3.63) is 90.6 Å². The lowest BCUT2D eigenvalue weighted by molar-refractivity contribution is 0.154. The molecule has 0 aliphatic carbocycles. The Morgan fingerprint density at radius 2 is 1.85 bits per heavy atom. The Morgan fingerprint density at radius 3 is 2.62 bits per heavy atom. The van der Waals surface area contributed by atoms with E-state index in [1.165, 1.54) is 0 Å². The molecule has 0 bridgehead atoms. The van der Waals surface area contributed by atoms with E-state index in [2.05, 4.69) is 36.3 Å². The number of hydrogen-bond acceptors (Lipinski definition) is 9. The summed E-state index contributed by atoms with van der Waals surface area (Å²) in [5, 5.41) is 27.6. The zero-order valence-electron chi connectivity index (χ0n) is 21.9. The number of nitrogens with one attached hydrogen (secondary N) is 1. The van der Waals surface area contributed by atoms with E-state index >= 15 is 0 Å².